The van der Waals surface area contributed by atoms with Crippen molar-refractivity contribution in [2.75, 3.05) is 13.7 Å². The van der Waals surface area contributed by atoms with E-state index in [1.807, 2.05) is 6.92 Å². The van der Waals surface area contributed by atoms with E-state index in [9.17, 15) is 18.5 Å². The van der Waals surface area contributed by atoms with Gasteiger partial charge >= 0.3 is 0 Å². The Balaban J connectivity index is 2.42. The first-order valence-corrected chi connectivity index (χ1v) is 9.01. The maximum Gasteiger partial charge on any atom is 0.241 e. The molecule has 1 N–H and O–H groups in total. The Kier molecular flexibility index (Phi) is 5.44. The molecule has 0 amide bonds. The van der Waals surface area contributed by atoms with Gasteiger partial charge in [0.05, 0.1) is 12.0 Å². The molecule has 0 fully saturated rings. The van der Waals surface area contributed by atoms with Crippen LogP contribution < -0.4 is 9.46 Å². The minimum absolute atomic E-state index is 0.0567. The van der Waals surface area contributed by atoms with Crippen LogP contribution in [0.4, 0.5) is 0 Å². The molecule has 0 bridgehead atoms. The fourth-order valence-electron chi connectivity index (χ4n) is 2.47. The maximum atomic E-state index is 12.7. The summed E-state index contributed by atoms with van der Waals surface area (Å²) in [5.74, 6) is 0.577. The summed E-state index contributed by atoms with van der Waals surface area (Å²) in [6.45, 7) is 2.74. The van der Waals surface area contributed by atoms with Crippen LogP contribution in [0.5, 0.6) is 5.75 Å². The van der Waals surface area contributed by atoms with Gasteiger partial charge in [0.1, 0.15) is 11.3 Å². The average molecular weight is 364 g/mol. The number of hydrogen-bond acceptors (Lipinski definition) is 5. The molecule has 0 aliphatic rings. The Morgan fingerprint density at radius 3 is 2.16 bits per heavy atom. The zero-order valence-electron chi connectivity index (χ0n) is 14.2. The van der Waals surface area contributed by atoms with E-state index < -0.39 is 27.0 Å². The second kappa shape index (κ2) is 7.20. The number of methoxy groups -OCH3 is 1. The first kappa shape index (κ1) is 18.9. The van der Waals surface area contributed by atoms with E-state index in [1.54, 1.807) is 36.4 Å². The van der Waals surface area contributed by atoms with Crippen LogP contribution in [0.2, 0.25) is 0 Å². The molecule has 134 valence electrons. The third-order valence-corrected chi connectivity index (χ3v) is 5.48. The Morgan fingerprint density at radius 1 is 1.12 bits per heavy atom. The first-order valence-electron chi connectivity index (χ1n) is 7.53. The van der Waals surface area contributed by atoms with Gasteiger partial charge in [-0.1, -0.05) is 29.8 Å². The highest BCUT2D eigenvalue weighted by Gasteiger charge is 2.37. The molecule has 1 atom stereocenters. The zero-order chi connectivity index (χ0) is 18.7. The number of aryl methyl sites for hydroxylation is 1. The highest BCUT2D eigenvalue weighted by Crippen LogP contribution is 2.26. The van der Waals surface area contributed by atoms with Gasteiger partial charge in [-0.2, -0.15) is 4.72 Å². The van der Waals surface area contributed by atoms with Gasteiger partial charge in [-0.15, -0.1) is 0 Å². The predicted molar refractivity (Wildman–Crippen MR) is 93.7 cm³/mol. The molecule has 7 nitrogen and oxygen atoms in total. The molecule has 2 aromatic rings. The van der Waals surface area contributed by atoms with Gasteiger partial charge in [0.2, 0.25) is 16.6 Å². The molecule has 8 heteroatoms. The maximum absolute atomic E-state index is 12.7. The van der Waals surface area contributed by atoms with Gasteiger partial charge in [-0.25, -0.2) is 8.42 Å². The van der Waals surface area contributed by atoms with Crippen molar-refractivity contribution in [3.8, 4) is 5.75 Å². The van der Waals surface area contributed by atoms with Gasteiger partial charge < -0.3 is 4.74 Å². The lowest BCUT2D eigenvalue weighted by molar-refractivity contribution is -0.490. The lowest BCUT2D eigenvalue weighted by Gasteiger charge is -2.27. The fraction of sp³-hybridized carbons (Fsp3) is 0.294. The van der Waals surface area contributed by atoms with Crippen LogP contribution >= 0.6 is 0 Å². The summed E-state index contributed by atoms with van der Waals surface area (Å²) >= 11 is 0. The van der Waals surface area contributed by atoms with Crippen LogP contribution in [0.1, 0.15) is 18.1 Å². The molecule has 0 unspecified atom stereocenters. The first-order chi connectivity index (χ1) is 11.7. The van der Waals surface area contributed by atoms with Gasteiger partial charge in [-0.05, 0) is 43.7 Å². The van der Waals surface area contributed by atoms with E-state index in [1.165, 1.54) is 26.2 Å². The van der Waals surface area contributed by atoms with Crippen molar-refractivity contribution < 1.29 is 18.1 Å². The van der Waals surface area contributed by atoms with Crippen LogP contribution in [0.3, 0.4) is 0 Å². The van der Waals surface area contributed by atoms with Crippen molar-refractivity contribution >= 4 is 10.0 Å². The van der Waals surface area contributed by atoms with Crippen LogP contribution in [0.15, 0.2) is 53.4 Å². The van der Waals surface area contributed by atoms with Crippen molar-refractivity contribution in [1.82, 2.24) is 4.72 Å². The molecule has 0 radical (unpaired) electrons. The van der Waals surface area contributed by atoms with Crippen molar-refractivity contribution in [1.29, 1.82) is 0 Å². The summed E-state index contributed by atoms with van der Waals surface area (Å²) in [6, 6.07) is 12.8. The fourth-order valence-corrected chi connectivity index (χ4v) is 3.86. The molecule has 0 aliphatic heterocycles. The molecule has 25 heavy (non-hydrogen) atoms. The Bertz CT molecular complexity index is 848. The molecule has 0 aromatic heterocycles. The van der Waals surface area contributed by atoms with E-state index in [2.05, 4.69) is 4.72 Å². The van der Waals surface area contributed by atoms with Crippen molar-refractivity contribution in [3.05, 3.63) is 69.8 Å². The number of nitro groups is 1. The smallest absolute Gasteiger partial charge is 0.241 e. The summed E-state index contributed by atoms with van der Waals surface area (Å²) in [6.07, 6.45) is 0. The lowest BCUT2D eigenvalue weighted by Crippen LogP contribution is -2.48. The summed E-state index contributed by atoms with van der Waals surface area (Å²) < 4.78 is 32.9. The highest BCUT2D eigenvalue weighted by atomic mass is 32.2. The number of benzene rings is 2. The van der Waals surface area contributed by atoms with Gasteiger partial charge in [0.15, 0.2) is 0 Å². The summed E-state index contributed by atoms with van der Waals surface area (Å²) in [4.78, 5) is 10.6. The van der Waals surface area contributed by atoms with Crippen molar-refractivity contribution in [2.24, 2.45) is 0 Å². The number of nitrogens with zero attached hydrogens (tertiary/aromatic N) is 1. The molecule has 0 spiro atoms. The minimum atomic E-state index is -3.93. The molecule has 0 saturated carbocycles. The minimum Gasteiger partial charge on any atom is -0.497 e. The van der Waals surface area contributed by atoms with Gasteiger partial charge in [0, 0.05) is 4.92 Å². The van der Waals surface area contributed by atoms with Crippen molar-refractivity contribution in [3.63, 3.8) is 0 Å². The molecular formula is C17H20N2O5S. The quantitative estimate of drug-likeness (QED) is 0.601. The van der Waals surface area contributed by atoms with Crippen molar-refractivity contribution in [2.45, 2.75) is 24.3 Å². The molecular weight excluding hydrogens is 344 g/mol. The largest absolute Gasteiger partial charge is 0.497 e. The number of sulfonamides is 1. The molecule has 0 heterocycles. The van der Waals surface area contributed by atoms with Crippen LogP contribution in [0, 0.1) is 17.0 Å². The van der Waals surface area contributed by atoms with E-state index in [0.29, 0.717) is 11.3 Å². The Hall–Kier alpha value is -2.45. The van der Waals surface area contributed by atoms with Gasteiger partial charge in [-0.3, -0.25) is 10.1 Å². The average Bonchev–Trinajstić information content (AvgIpc) is 2.54. The second-order valence-electron chi connectivity index (χ2n) is 5.97. The number of ether oxygens (including phenoxy) is 1. The van der Waals surface area contributed by atoms with Crippen LogP contribution in [0.25, 0.3) is 0 Å². The van der Waals surface area contributed by atoms with E-state index in [4.69, 9.17) is 4.74 Å². The van der Waals surface area contributed by atoms with E-state index >= 15 is 0 Å². The number of hydrogen-bond donors (Lipinski definition) is 1. The second-order valence-corrected chi connectivity index (χ2v) is 7.65. The predicted octanol–water partition coefficient (Wildman–Crippen LogP) is 2.47. The van der Waals surface area contributed by atoms with E-state index in [0.717, 1.165) is 5.56 Å². The third-order valence-electron chi connectivity index (χ3n) is 3.86. The summed E-state index contributed by atoms with van der Waals surface area (Å²) in [5, 5.41) is 11.1. The monoisotopic (exact) mass is 364 g/mol. The highest BCUT2D eigenvalue weighted by molar-refractivity contribution is 7.89. The topological polar surface area (TPSA) is 98.5 Å². The lowest BCUT2D eigenvalue weighted by atomic mass is 9.93. The van der Waals surface area contributed by atoms with Gasteiger partial charge in [0.25, 0.3) is 0 Å². The number of nitrogens with one attached hydrogen (secondary N) is 1. The Labute approximate surface area is 146 Å². The van der Waals surface area contributed by atoms with E-state index in [-0.39, 0.29) is 4.90 Å². The molecule has 0 saturated heterocycles. The SMILES string of the molecule is COc1ccc([C@@](C)(C[N+](=O)[O-])NS(=O)(=O)c2ccc(C)cc2)cc1. The third kappa shape index (κ3) is 4.55. The molecule has 2 aromatic carbocycles. The summed E-state index contributed by atoms with van der Waals surface area (Å²) in [5.41, 5.74) is -0.0118. The number of rotatable bonds is 7. The van der Waals surface area contributed by atoms with Crippen LogP contribution in [-0.4, -0.2) is 27.0 Å². The van der Waals surface area contributed by atoms with Crippen LogP contribution in [-0.2, 0) is 15.6 Å². The summed E-state index contributed by atoms with van der Waals surface area (Å²) in [7, 11) is -2.42. The molecule has 0 aliphatic carbocycles. The standard InChI is InChI=1S/C17H20N2O5S/c1-13-4-10-16(11-5-13)25(22,23)18-17(2,12-19(20)21)14-6-8-15(24-3)9-7-14/h4-11,18H,12H2,1-3H3/t17-/m1/s1. The normalized spacial score (nSPS) is 13.9. The Morgan fingerprint density at radius 2 is 1.68 bits per heavy atom. The molecule has 2 rings (SSSR count). The zero-order valence-corrected chi connectivity index (χ0v) is 15.0.